The molecule has 1 saturated heterocycles. The van der Waals surface area contributed by atoms with Crippen molar-refractivity contribution in [3.8, 4) is 5.88 Å². The predicted octanol–water partition coefficient (Wildman–Crippen LogP) is 3.15. The van der Waals surface area contributed by atoms with Gasteiger partial charge in [0.25, 0.3) is 0 Å². The summed E-state index contributed by atoms with van der Waals surface area (Å²) in [7, 11) is 0. The number of allylic oxidation sites excluding steroid dienone is 1. The molecule has 1 atom stereocenters. The lowest BCUT2D eigenvalue weighted by atomic mass is 10.1. The molecule has 0 unspecified atom stereocenters. The minimum atomic E-state index is -4.40. The summed E-state index contributed by atoms with van der Waals surface area (Å²) >= 11 is 0. The summed E-state index contributed by atoms with van der Waals surface area (Å²) in [6.07, 6.45) is -0.330. The number of pyridine rings is 1. The Labute approximate surface area is 133 Å². The van der Waals surface area contributed by atoms with Crippen LogP contribution in [0.5, 0.6) is 5.88 Å². The van der Waals surface area contributed by atoms with Gasteiger partial charge >= 0.3 is 6.18 Å². The van der Waals surface area contributed by atoms with Gasteiger partial charge in [-0.05, 0) is 18.9 Å². The van der Waals surface area contributed by atoms with Crippen molar-refractivity contribution in [3.63, 3.8) is 0 Å². The number of halogens is 3. The first-order valence-corrected chi connectivity index (χ1v) is 7.60. The molecule has 0 N–H and O–H groups in total. The molecule has 1 aliphatic rings. The maximum Gasteiger partial charge on any atom is 0.416 e. The zero-order valence-corrected chi connectivity index (χ0v) is 12.9. The van der Waals surface area contributed by atoms with Crippen LogP contribution in [0.15, 0.2) is 31.0 Å². The summed E-state index contributed by atoms with van der Waals surface area (Å²) in [5.41, 5.74) is -0.753. The average Bonchev–Trinajstić information content (AvgIpc) is 2.53. The maximum atomic E-state index is 12.8. The van der Waals surface area contributed by atoms with Gasteiger partial charge in [0, 0.05) is 31.9 Å². The second kappa shape index (κ2) is 8.31. The molecular weight excluding hydrogens is 309 g/mol. The van der Waals surface area contributed by atoms with Crippen molar-refractivity contribution in [3.05, 3.63) is 36.5 Å². The Morgan fingerprint density at radius 2 is 2.13 bits per heavy atom. The van der Waals surface area contributed by atoms with E-state index in [1.54, 1.807) is 6.08 Å². The van der Waals surface area contributed by atoms with Crippen molar-refractivity contribution < 1.29 is 22.6 Å². The van der Waals surface area contributed by atoms with E-state index in [1.165, 1.54) is 0 Å². The Bertz CT molecular complexity index is 502. The first kappa shape index (κ1) is 17.7. The van der Waals surface area contributed by atoms with Crippen LogP contribution in [0.2, 0.25) is 0 Å². The highest BCUT2D eigenvalue weighted by Crippen LogP contribution is 2.30. The van der Waals surface area contributed by atoms with E-state index < -0.39 is 11.7 Å². The van der Waals surface area contributed by atoms with Crippen LogP contribution in [0.25, 0.3) is 0 Å². The number of aromatic nitrogens is 1. The standard InChI is InChI=1S/C16H21F3N2O2/c1-2-3-4-14(12-21-7-9-22-10-8-21)23-15-11-13(5-6-20-15)16(17,18)19/h2,5-6,11,14H,1,3-4,7-10,12H2/t14-/m0/s1. The van der Waals surface area contributed by atoms with Crippen molar-refractivity contribution in [2.75, 3.05) is 32.8 Å². The molecule has 0 spiro atoms. The van der Waals surface area contributed by atoms with Crippen molar-refractivity contribution in [1.29, 1.82) is 0 Å². The number of rotatable bonds is 7. The van der Waals surface area contributed by atoms with Gasteiger partial charge in [0.1, 0.15) is 6.10 Å². The molecule has 1 aromatic rings. The molecule has 0 aromatic carbocycles. The lowest BCUT2D eigenvalue weighted by Crippen LogP contribution is -2.42. The molecule has 1 fully saturated rings. The van der Waals surface area contributed by atoms with Gasteiger partial charge in [-0.25, -0.2) is 4.98 Å². The van der Waals surface area contributed by atoms with Crippen molar-refractivity contribution >= 4 is 0 Å². The molecule has 4 nitrogen and oxygen atoms in total. The molecule has 0 aliphatic carbocycles. The molecule has 0 radical (unpaired) electrons. The third kappa shape index (κ3) is 5.84. The number of hydrogen-bond donors (Lipinski definition) is 0. The van der Waals surface area contributed by atoms with Crippen LogP contribution in [0.3, 0.4) is 0 Å². The molecule has 1 aromatic heterocycles. The first-order chi connectivity index (χ1) is 11.0. The van der Waals surface area contributed by atoms with Gasteiger partial charge in [0.15, 0.2) is 0 Å². The molecule has 2 rings (SSSR count). The predicted molar refractivity (Wildman–Crippen MR) is 80.3 cm³/mol. The quantitative estimate of drug-likeness (QED) is 0.720. The van der Waals surface area contributed by atoms with Crippen LogP contribution >= 0.6 is 0 Å². The third-order valence-corrected chi connectivity index (χ3v) is 3.61. The summed E-state index contributed by atoms with van der Waals surface area (Å²) in [4.78, 5) is 6.09. The first-order valence-electron chi connectivity index (χ1n) is 7.60. The SMILES string of the molecule is C=CCC[C@@H](CN1CCOCC1)Oc1cc(C(F)(F)F)ccn1. The van der Waals surface area contributed by atoms with Gasteiger partial charge < -0.3 is 9.47 Å². The van der Waals surface area contributed by atoms with E-state index in [0.29, 0.717) is 26.2 Å². The van der Waals surface area contributed by atoms with Crippen LogP contribution in [0.4, 0.5) is 13.2 Å². The molecular formula is C16H21F3N2O2. The largest absolute Gasteiger partial charge is 0.473 e. The second-order valence-corrected chi connectivity index (χ2v) is 5.40. The van der Waals surface area contributed by atoms with Crippen LogP contribution in [-0.2, 0) is 10.9 Å². The molecule has 23 heavy (non-hydrogen) atoms. The van der Waals surface area contributed by atoms with Crippen molar-refractivity contribution in [2.24, 2.45) is 0 Å². The van der Waals surface area contributed by atoms with Crippen LogP contribution in [0, 0.1) is 0 Å². The van der Waals surface area contributed by atoms with Gasteiger partial charge in [0.05, 0.1) is 18.8 Å². The summed E-state index contributed by atoms with van der Waals surface area (Å²) in [6, 6.07) is 1.88. The molecule has 0 bridgehead atoms. The minimum absolute atomic E-state index is 0.00199. The minimum Gasteiger partial charge on any atom is -0.473 e. The van der Waals surface area contributed by atoms with E-state index in [9.17, 15) is 13.2 Å². The summed E-state index contributed by atoms with van der Waals surface area (Å²) < 4.78 is 49.3. The molecule has 2 heterocycles. The highest BCUT2D eigenvalue weighted by atomic mass is 19.4. The third-order valence-electron chi connectivity index (χ3n) is 3.61. The van der Waals surface area contributed by atoms with Crippen LogP contribution in [-0.4, -0.2) is 48.8 Å². The molecule has 0 amide bonds. The number of alkyl halides is 3. The highest BCUT2D eigenvalue weighted by Gasteiger charge is 2.31. The smallest absolute Gasteiger partial charge is 0.416 e. The van der Waals surface area contributed by atoms with E-state index in [0.717, 1.165) is 37.8 Å². The topological polar surface area (TPSA) is 34.6 Å². The number of hydrogen-bond acceptors (Lipinski definition) is 4. The fourth-order valence-corrected chi connectivity index (χ4v) is 2.38. The fraction of sp³-hybridized carbons (Fsp3) is 0.562. The molecule has 1 aliphatic heterocycles. The Morgan fingerprint density at radius 1 is 1.39 bits per heavy atom. The summed E-state index contributed by atoms with van der Waals surface area (Å²) in [5, 5.41) is 0. The van der Waals surface area contributed by atoms with Gasteiger partial charge in [0.2, 0.25) is 5.88 Å². The zero-order valence-electron chi connectivity index (χ0n) is 12.9. The van der Waals surface area contributed by atoms with E-state index in [-0.39, 0.29) is 12.0 Å². The number of morpholine rings is 1. The van der Waals surface area contributed by atoms with Crippen molar-refractivity contribution in [1.82, 2.24) is 9.88 Å². The van der Waals surface area contributed by atoms with Gasteiger partial charge in [-0.1, -0.05) is 6.08 Å². The Morgan fingerprint density at radius 3 is 2.78 bits per heavy atom. The van der Waals surface area contributed by atoms with Crippen molar-refractivity contribution in [2.45, 2.75) is 25.1 Å². The monoisotopic (exact) mass is 330 g/mol. The normalized spacial score (nSPS) is 17.7. The lowest BCUT2D eigenvalue weighted by Gasteiger charge is -2.30. The van der Waals surface area contributed by atoms with E-state index in [2.05, 4.69) is 16.5 Å². The van der Waals surface area contributed by atoms with Gasteiger partial charge in [-0.15, -0.1) is 6.58 Å². The van der Waals surface area contributed by atoms with Crippen LogP contribution < -0.4 is 4.74 Å². The zero-order chi connectivity index (χ0) is 16.7. The lowest BCUT2D eigenvalue weighted by molar-refractivity contribution is -0.137. The van der Waals surface area contributed by atoms with Gasteiger partial charge in [-0.3, -0.25) is 4.90 Å². The molecule has 0 saturated carbocycles. The number of nitrogens with zero attached hydrogens (tertiary/aromatic N) is 2. The fourth-order valence-electron chi connectivity index (χ4n) is 2.38. The van der Waals surface area contributed by atoms with E-state index >= 15 is 0 Å². The highest BCUT2D eigenvalue weighted by molar-refractivity contribution is 5.23. The maximum absolute atomic E-state index is 12.8. The summed E-state index contributed by atoms with van der Waals surface area (Å²) in [5.74, 6) is 0.00199. The second-order valence-electron chi connectivity index (χ2n) is 5.40. The molecule has 128 valence electrons. The van der Waals surface area contributed by atoms with E-state index in [4.69, 9.17) is 9.47 Å². The van der Waals surface area contributed by atoms with E-state index in [1.807, 2.05) is 0 Å². The average molecular weight is 330 g/mol. The molecule has 7 heteroatoms. The Balaban J connectivity index is 2.02. The van der Waals surface area contributed by atoms with Gasteiger partial charge in [-0.2, -0.15) is 13.2 Å². The Kier molecular flexibility index (Phi) is 6.41. The van der Waals surface area contributed by atoms with Crippen LogP contribution in [0.1, 0.15) is 18.4 Å². The Hall–Kier alpha value is -1.60. The number of ether oxygens (including phenoxy) is 2. The summed E-state index contributed by atoms with van der Waals surface area (Å²) in [6.45, 7) is 7.23.